The number of hydrogen-bond acceptors (Lipinski definition) is 3. The van der Waals surface area contributed by atoms with Crippen molar-refractivity contribution in [1.82, 2.24) is 0 Å². The molecule has 1 saturated carbocycles. The van der Waals surface area contributed by atoms with E-state index in [9.17, 15) is 5.11 Å². The molecule has 1 aromatic rings. The maximum atomic E-state index is 10.3. The van der Waals surface area contributed by atoms with Gasteiger partial charge in [-0.1, -0.05) is 25.3 Å². The first-order valence-electron chi connectivity index (χ1n) is 7.24. The van der Waals surface area contributed by atoms with Crippen LogP contribution >= 0.6 is 0 Å². The van der Waals surface area contributed by atoms with Crippen LogP contribution in [0.2, 0.25) is 0 Å². The van der Waals surface area contributed by atoms with Crippen LogP contribution in [0.25, 0.3) is 0 Å². The third-order valence-electron chi connectivity index (χ3n) is 4.53. The molecule has 2 atom stereocenters. The molecule has 0 amide bonds. The molecule has 3 heteroatoms. The molecule has 1 N–H and O–H groups in total. The second kappa shape index (κ2) is 5.51. The number of benzene rings is 1. The van der Waals surface area contributed by atoms with Crippen molar-refractivity contribution in [1.29, 1.82) is 0 Å². The van der Waals surface area contributed by atoms with Gasteiger partial charge < -0.3 is 14.6 Å². The summed E-state index contributed by atoms with van der Waals surface area (Å²) in [6.45, 7) is 0.775. The molecule has 2 aliphatic carbocycles. The summed E-state index contributed by atoms with van der Waals surface area (Å²) in [6, 6.07) is 5.91. The van der Waals surface area contributed by atoms with Gasteiger partial charge in [0.25, 0.3) is 0 Å². The highest BCUT2D eigenvalue weighted by atomic mass is 16.5. The lowest BCUT2D eigenvalue weighted by molar-refractivity contribution is -0.0343. The standard InChI is InChI=1S/C16H22O3/c1-18-13-6-5-12-9-15(16(17)14(12)10-13)19-8-7-11-3-2-4-11/h5-6,10-11,15-17H,2-4,7-9H2,1H3. The van der Waals surface area contributed by atoms with Gasteiger partial charge in [0.15, 0.2) is 0 Å². The summed E-state index contributed by atoms with van der Waals surface area (Å²) in [5.41, 5.74) is 2.15. The molecule has 0 saturated heterocycles. The second-order valence-electron chi connectivity index (χ2n) is 5.71. The Morgan fingerprint density at radius 1 is 1.32 bits per heavy atom. The lowest BCUT2D eigenvalue weighted by Crippen LogP contribution is -2.21. The topological polar surface area (TPSA) is 38.7 Å². The molecule has 1 aromatic carbocycles. The molecule has 2 unspecified atom stereocenters. The predicted octanol–water partition coefficient (Wildman–Crippen LogP) is 2.86. The van der Waals surface area contributed by atoms with Crippen LogP contribution in [-0.2, 0) is 11.2 Å². The first-order valence-corrected chi connectivity index (χ1v) is 7.24. The molecule has 104 valence electrons. The summed E-state index contributed by atoms with van der Waals surface area (Å²) in [7, 11) is 1.65. The largest absolute Gasteiger partial charge is 0.497 e. The van der Waals surface area contributed by atoms with Crippen molar-refractivity contribution in [2.75, 3.05) is 13.7 Å². The van der Waals surface area contributed by atoms with Crippen molar-refractivity contribution < 1.29 is 14.6 Å². The van der Waals surface area contributed by atoms with Crippen molar-refractivity contribution in [2.45, 2.75) is 44.3 Å². The van der Waals surface area contributed by atoms with E-state index in [1.807, 2.05) is 18.2 Å². The van der Waals surface area contributed by atoms with E-state index in [0.29, 0.717) is 0 Å². The van der Waals surface area contributed by atoms with Crippen LogP contribution in [0.1, 0.15) is 42.9 Å². The number of methoxy groups -OCH3 is 1. The Kier molecular flexibility index (Phi) is 3.76. The fourth-order valence-corrected chi connectivity index (χ4v) is 3.01. The summed E-state index contributed by atoms with van der Waals surface area (Å²) < 4.78 is 11.1. The lowest BCUT2D eigenvalue weighted by Gasteiger charge is -2.26. The first kappa shape index (κ1) is 12.9. The van der Waals surface area contributed by atoms with E-state index < -0.39 is 6.10 Å². The van der Waals surface area contributed by atoms with E-state index in [1.54, 1.807) is 7.11 Å². The fourth-order valence-electron chi connectivity index (χ4n) is 3.01. The molecular formula is C16H22O3. The number of rotatable bonds is 5. The third-order valence-corrected chi connectivity index (χ3v) is 4.53. The van der Waals surface area contributed by atoms with Gasteiger partial charge in [-0.3, -0.25) is 0 Å². The van der Waals surface area contributed by atoms with E-state index in [-0.39, 0.29) is 6.10 Å². The second-order valence-corrected chi connectivity index (χ2v) is 5.71. The number of hydrogen-bond donors (Lipinski definition) is 1. The molecule has 19 heavy (non-hydrogen) atoms. The summed E-state index contributed by atoms with van der Waals surface area (Å²) in [5, 5.41) is 10.3. The minimum atomic E-state index is -0.508. The number of aliphatic hydroxyl groups is 1. The zero-order chi connectivity index (χ0) is 13.2. The van der Waals surface area contributed by atoms with E-state index in [0.717, 1.165) is 36.7 Å². The van der Waals surface area contributed by atoms with Gasteiger partial charge in [0.1, 0.15) is 11.9 Å². The first-order chi connectivity index (χ1) is 9.28. The van der Waals surface area contributed by atoms with Gasteiger partial charge in [-0.2, -0.15) is 0 Å². The summed E-state index contributed by atoms with van der Waals surface area (Å²) in [5.74, 6) is 1.66. The van der Waals surface area contributed by atoms with Crippen LogP contribution in [0.4, 0.5) is 0 Å². The molecule has 0 spiro atoms. The number of aliphatic hydroxyl groups excluding tert-OH is 1. The van der Waals surface area contributed by atoms with E-state index >= 15 is 0 Å². The highest BCUT2D eigenvalue weighted by Crippen LogP contribution is 2.36. The van der Waals surface area contributed by atoms with Gasteiger partial charge in [-0.05, 0) is 35.6 Å². The average molecular weight is 262 g/mol. The molecule has 0 bridgehead atoms. The zero-order valence-corrected chi connectivity index (χ0v) is 11.5. The van der Waals surface area contributed by atoms with Crippen LogP contribution in [0.5, 0.6) is 5.75 Å². The molecule has 0 heterocycles. The molecule has 2 aliphatic rings. The van der Waals surface area contributed by atoms with E-state index in [2.05, 4.69) is 0 Å². The highest BCUT2D eigenvalue weighted by Gasteiger charge is 2.32. The Labute approximate surface area is 114 Å². The molecule has 3 rings (SSSR count). The normalized spacial score (nSPS) is 26.0. The fraction of sp³-hybridized carbons (Fsp3) is 0.625. The maximum absolute atomic E-state index is 10.3. The molecule has 1 fully saturated rings. The van der Waals surface area contributed by atoms with Crippen LogP contribution in [0.15, 0.2) is 18.2 Å². The van der Waals surface area contributed by atoms with E-state index in [1.165, 1.54) is 24.8 Å². The van der Waals surface area contributed by atoms with Crippen molar-refractivity contribution >= 4 is 0 Å². The number of fused-ring (bicyclic) bond motifs is 1. The van der Waals surface area contributed by atoms with E-state index in [4.69, 9.17) is 9.47 Å². The maximum Gasteiger partial charge on any atom is 0.119 e. The monoisotopic (exact) mass is 262 g/mol. The average Bonchev–Trinajstić information content (AvgIpc) is 2.69. The van der Waals surface area contributed by atoms with Crippen molar-refractivity contribution in [3.8, 4) is 5.75 Å². The van der Waals surface area contributed by atoms with Crippen LogP contribution in [-0.4, -0.2) is 24.9 Å². The lowest BCUT2D eigenvalue weighted by atomic mass is 9.83. The van der Waals surface area contributed by atoms with Gasteiger partial charge >= 0.3 is 0 Å². The van der Waals surface area contributed by atoms with Gasteiger partial charge in [0.05, 0.1) is 13.2 Å². The SMILES string of the molecule is COc1ccc2c(c1)C(O)C(OCCC1CCC1)C2. The Morgan fingerprint density at radius 3 is 2.84 bits per heavy atom. The Balaban J connectivity index is 1.57. The van der Waals surface area contributed by atoms with Gasteiger partial charge in [-0.15, -0.1) is 0 Å². The molecule has 0 aliphatic heterocycles. The summed E-state index contributed by atoms with van der Waals surface area (Å²) in [6.07, 6.45) is 5.45. The summed E-state index contributed by atoms with van der Waals surface area (Å²) >= 11 is 0. The molecule has 0 aromatic heterocycles. The summed E-state index contributed by atoms with van der Waals surface area (Å²) in [4.78, 5) is 0. The van der Waals surface area contributed by atoms with Crippen molar-refractivity contribution in [3.63, 3.8) is 0 Å². The number of ether oxygens (including phenoxy) is 2. The van der Waals surface area contributed by atoms with Crippen molar-refractivity contribution in [2.24, 2.45) is 5.92 Å². The third kappa shape index (κ3) is 2.63. The Hall–Kier alpha value is -1.06. The van der Waals surface area contributed by atoms with Gasteiger partial charge in [0.2, 0.25) is 0 Å². The van der Waals surface area contributed by atoms with Gasteiger partial charge in [0, 0.05) is 13.0 Å². The van der Waals surface area contributed by atoms with Crippen LogP contribution in [0.3, 0.4) is 0 Å². The van der Waals surface area contributed by atoms with Crippen molar-refractivity contribution in [3.05, 3.63) is 29.3 Å². The van der Waals surface area contributed by atoms with Crippen LogP contribution < -0.4 is 4.74 Å². The van der Waals surface area contributed by atoms with Gasteiger partial charge in [-0.25, -0.2) is 0 Å². The predicted molar refractivity (Wildman–Crippen MR) is 73.4 cm³/mol. The highest BCUT2D eigenvalue weighted by molar-refractivity contribution is 5.41. The quantitative estimate of drug-likeness (QED) is 0.886. The molecular weight excluding hydrogens is 240 g/mol. The minimum Gasteiger partial charge on any atom is -0.497 e. The molecule has 0 radical (unpaired) electrons. The Bertz CT molecular complexity index is 440. The minimum absolute atomic E-state index is 0.0813. The molecule has 3 nitrogen and oxygen atoms in total. The van der Waals surface area contributed by atoms with Crippen LogP contribution in [0, 0.1) is 5.92 Å². The Morgan fingerprint density at radius 2 is 2.16 bits per heavy atom. The zero-order valence-electron chi connectivity index (χ0n) is 11.5. The smallest absolute Gasteiger partial charge is 0.119 e.